The number of alkyl halides is 3. The van der Waals surface area contributed by atoms with Gasteiger partial charge in [-0.25, -0.2) is 0 Å². The molecule has 2 N–H and O–H groups in total. The number of rotatable bonds is 4. The van der Waals surface area contributed by atoms with Gasteiger partial charge in [-0.05, 0) is 31.1 Å². The quantitative estimate of drug-likeness (QED) is 0.834. The van der Waals surface area contributed by atoms with Crippen LogP contribution >= 0.6 is 0 Å². The summed E-state index contributed by atoms with van der Waals surface area (Å²) < 4.78 is 41.6. The minimum atomic E-state index is -4.15. The Balaban J connectivity index is 2.43. The zero-order valence-electron chi connectivity index (χ0n) is 10.6. The van der Waals surface area contributed by atoms with Crippen molar-refractivity contribution in [2.75, 3.05) is 13.2 Å². The first-order chi connectivity index (χ1) is 7.68. The molecule has 1 saturated carbocycles. The maximum Gasteiger partial charge on any atom is 0.391 e. The molecule has 2 nitrogen and oxygen atoms in total. The van der Waals surface area contributed by atoms with Crippen LogP contribution in [0.1, 0.15) is 46.0 Å². The van der Waals surface area contributed by atoms with Gasteiger partial charge in [-0.3, -0.25) is 0 Å². The zero-order chi connectivity index (χ0) is 13.2. The van der Waals surface area contributed by atoms with Gasteiger partial charge < -0.3 is 10.5 Å². The Labute approximate surface area is 101 Å². The molecule has 0 radical (unpaired) electrons. The maximum absolute atomic E-state index is 12.1. The predicted molar refractivity (Wildman–Crippen MR) is 60.7 cm³/mol. The largest absolute Gasteiger partial charge is 0.391 e. The lowest BCUT2D eigenvalue weighted by atomic mass is 9.71. The fourth-order valence-corrected chi connectivity index (χ4v) is 2.17. The van der Waals surface area contributed by atoms with E-state index in [1.54, 1.807) is 0 Å². The van der Waals surface area contributed by atoms with Crippen molar-refractivity contribution in [3.05, 3.63) is 0 Å². The minimum absolute atomic E-state index is 0.256. The molecular weight excluding hydrogens is 231 g/mol. The van der Waals surface area contributed by atoms with Crippen LogP contribution in [-0.2, 0) is 4.74 Å². The van der Waals surface area contributed by atoms with Crippen LogP contribution in [0.2, 0.25) is 0 Å². The van der Waals surface area contributed by atoms with E-state index in [1.807, 2.05) is 0 Å². The second-order valence-corrected chi connectivity index (χ2v) is 5.76. The molecule has 0 unspecified atom stereocenters. The molecule has 0 aromatic rings. The average molecular weight is 253 g/mol. The van der Waals surface area contributed by atoms with E-state index in [0.717, 1.165) is 25.7 Å². The van der Waals surface area contributed by atoms with Crippen LogP contribution in [0, 0.1) is 5.41 Å². The van der Waals surface area contributed by atoms with Crippen LogP contribution < -0.4 is 5.73 Å². The second-order valence-electron chi connectivity index (χ2n) is 5.76. The summed E-state index contributed by atoms with van der Waals surface area (Å²) >= 11 is 0. The van der Waals surface area contributed by atoms with Gasteiger partial charge in [0.05, 0.1) is 18.6 Å². The summed E-state index contributed by atoms with van der Waals surface area (Å²) in [7, 11) is 0. The highest BCUT2D eigenvalue weighted by Gasteiger charge is 2.39. The second kappa shape index (κ2) is 5.14. The average Bonchev–Trinajstić information content (AvgIpc) is 2.19. The van der Waals surface area contributed by atoms with Crippen LogP contribution in [0.3, 0.4) is 0 Å². The summed E-state index contributed by atoms with van der Waals surface area (Å²) in [6.07, 6.45) is -1.61. The van der Waals surface area contributed by atoms with Crippen molar-refractivity contribution in [1.29, 1.82) is 0 Å². The SMILES string of the molecule is CC1(C)CCC(CN)(OCCC(F)(F)F)CC1. The molecule has 0 aromatic carbocycles. The standard InChI is InChI=1S/C12H22F3NO/c1-10(2)3-5-11(9-16,6-4-10)17-8-7-12(13,14)15/h3-9,16H2,1-2H3. The van der Waals surface area contributed by atoms with Crippen molar-refractivity contribution < 1.29 is 17.9 Å². The van der Waals surface area contributed by atoms with Crippen molar-refractivity contribution >= 4 is 0 Å². The molecule has 0 aliphatic heterocycles. The molecule has 0 saturated heterocycles. The topological polar surface area (TPSA) is 35.2 Å². The number of ether oxygens (including phenoxy) is 1. The van der Waals surface area contributed by atoms with E-state index in [-0.39, 0.29) is 12.0 Å². The molecule has 0 heterocycles. The molecule has 102 valence electrons. The van der Waals surface area contributed by atoms with E-state index in [0.29, 0.717) is 6.54 Å². The molecule has 0 spiro atoms. The van der Waals surface area contributed by atoms with E-state index in [2.05, 4.69) is 13.8 Å². The lowest BCUT2D eigenvalue weighted by molar-refractivity contribution is -0.163. The Bertz CT molecular complexity index is 241. The number of hydrogen-bond donors (Lipinski definition) is 1. The van der Waals surface area contributed by atoms with Crippen LogP contribution in [-0.4, -0.2) is 24.9 Å². The molecule has 0 atom stereocenters. The molecule has 1 aliphatic rings. The number of hydrogen-bond acceptors (Lipinski definition) is 2. The van der Waals surface area contributed by atoms with Gasteiger partial charge in [-0.2, -0.15) is 13.2 Å². The van der Waals surface area contributed by atoms with Gasteiger partial charge in [0.1, 0.15) is 0 Å². The van der Waals surface area contributed by atoms with Crippen molar-refractivity contribution in [2.45, 2.75) is 57.7 Å². The summed E-state index contributed by atoms with van der Waals surface area (Å²) in [6, 6.07) is 0. The summed E-state index contributed by atoms with van der Waals surface area (Å²) in [6.45, 7) is 4.37. The molecule has 0 amide bonds. The van der Waals surface area contributed by atoms with Crippen molar-refractivity contribution in [3.63, 3.8) is 0 Å². The molecule has 1 rings (SSSR count). The lowest BCUT2D eigenvalue weighted by Crippen LogP contribution is -2.46. The van der Waals surface area contributed by atoms with Crippen LogP contribution in [0.5, 0.6) is 0 Å². The van der Waals surface area contributed by atoms with Crippen molar-refractivity contribution in [3.8, 4) is 0 Å². The Morgan fingerprint density at radius 3 is 2.06 bits per heavy atom. The molecule has 0 aromatic heterocycles. The number of halogens is 3. The summed E-state index contributed by atoms with van der Waals surface area (Å²) in [5.74, 6) is 0. The van der Waals surface area contributed by atoms with Crippen LogP contribution in [0.15, 0.2) is 0 Å². The van der Waals surface area contributed by atoms with E-state index in [4.69, 9.17) is 10.5 Å². The van der Waals surface area contributed by atoms with Crippen molar-refractivity contribution in [1.82, 2.24) is 0 Å². The third kappa shape index (κ3) is 4.84. The molecule has 17 heavy (non-hydrogen) atoms. The van der Waals surface area contributed by atoms with Gasteiger partial charge in [0, 0.05) is 6.54 Å². The number of nitrogens with two attached hydrogens (primary N) is 1. The normalized spacial score (nSPS) is 23.6. The minimum Gasteiger partial charge on any atom is -0.373 e. The van der Waals surface area contributed by atoms with Crippen molar-refractivity contribution in [2.24, 2.45) is 11.1 Å². The highest BCUT2D eigenvalue weighted by Crippen LogP contribution is 2.41. The summed E-state index contributed by atoms with van der Waals surface area (Å²) in [4.78, 5) is 0. The van der Waals surface area contributed by atoms with Gasteiger partial charge in [-0.1, -0.05) is 13.8 Å². The molecule has 1 aliphatic carbocycles. The summed E-state index contributed by atoms with van der Waals surface area (Å²) in [5.41, 5.74) is 5.40. The predicted octanol–water partition coefficient (Wildman–Crippen LogP) is 3.25. The maximum atomic E-state index is 12.1. The highest BCUT2D eigenvalue weighted by molar-refractivity contribution is 4.91. The molecule has 1 fully saturated rings. The highest BCUT2D eigenvalue weighted by atomic mass is 19.4. The first kappa shape index (κ1) is 14.8. The van der Waals surface area contributed by atoms with Gasteiger partial charge in [-0.15, -0.1) is 0 Å². The summed E-state index contributed by atoms with van der Waals surface area (Å²) in [5, 5.41) is 0. The molecule has 0 bridgehead atoms. The lowest BCUT2D eigenvalue weighted by Gasteiger charge is -2.42. The Hall–Kier alpha value is -0.290. The first-order valence-corrected chi connectivity index (χ1v) is 6.09. The Kier molecular flexibility index (Phi) is 4.47. The van der Waals surface area contributed by atoms with Crippen LogP contribution in [0.4, 0.5) is 13.2 Å². The van der Waals surface area contributed by atoms with E-state index in [1.165, 1.54) is 0 Å². The Morgan fingerprint density at radius 1 is 1.12 bits per heavy atom. The first-order valence-electron chi connectivity index (χ1n) is 6.09. The fraction of sp³-hybridized carbons (Fsp3) is 1.00. The van der Waals surface area contributed by atoms with Gasteiger partial charge in [0.15, 0.2) is 0 Å². The van der Waals surface area contributed by atoms with Crippen LogP contribution in [0.25, 0.3) is 0 Å². The van der Waals surface area contributed by atoms with Gasteiger partial charge in [0.25, 0.3) is 0 Å². The smallest absolute Gasteiger partial charge is 0.373 e. The third-order valence-electron chi connectivity index (χ3n) is 3.68. The third-order valence-corrected chi connectivity index (χ3v) is 3.68. The van der Waals surface area contributed by atoms with E-state index < -0.39 is 18.2 Å². The molecule has 5 heteroatoms. The fourth-order valence-electron chi connectivity index (χ4n) is 2.17. The monoisotopic (exact) mass is 253 g/mol. The molecular formula is C12H22F3NO. The zero-order valence-corrected chi connectivity index (χ0v) is 10.6. The van der Waals surface area contributed by atoms with E-state index in [9.17, 15) is 13.2 Å². The van der Waals surface area contributed by atoms with Gasteiger partial charge in [0.2, 0.25) is 0 Å². The van der Waals surface area contributed by atoms with Gasteiger partial charge >= 0.3 is 6.18 Å². The Morgan fingerprint density at radius 2 is 1.65 bits per heavy atom. The van der Waals surface area contributed by atoms with E-state index >= 15 is 0 Å².